The number of pyridine rings is 1. The Morgan fingerprint density at radius 3 is 2.25 bits per heavy atom. The molecule has 12 heavy (non-hydrogen) atoms. The fourth-order valence-corrected chi connectivity index (χ4v) is 1.01. The van der Waals surface area contributed by atoms with Crippen molar-refractivity contribution in [3.05, 3.63) is 29.6 Å². The van der Waals surface area contributed by atoms with Gasteiger partial charge in [-0.2, -0.15) is 0 Å². The van der Waals surface area contributed by atoms with Gasteiger partial charge in [-0.25, -0.2) is 0 Å². The molecule has 1 atom stereocenters. The van der Waals surface area contributed by atoms with Gasteiger partial charge in [0.05, 0.1) is 6.10 Å². The van der Waals surface area contributed by atoms with E-state index >= 15 is 0 Å². The molecule has 66 valence electrons. The Labute approximate surface area is 73.3 Å². The molecule has 0 aliphatic carbocycles. The Morgan fingerprint density at radius 2 is 1.92 bits per heavy atom. The van der Waals surface area contributed by atoms with Crippen molar-refractivity contribution in [2.75, 3.05) is 0 Å². The van der Waals surface area contributed by atoms with Gasteiger partial charge in [0.2, 0.25) is 0 Å². The minimum atomic E-state index is -0.418. The molecular formula is C10H15NO. The Hall–Kier alpha value is -0.890. The summed E-state index contributed by atoms with van der Waals surface area (Å²) in [4.78, 5) is 4.24. The molecule has 1 aromatic heterocycles. The van der Waals surface area contributed by atoms with Crippen molar-refractivity contribution in [3.8, 4) is 0 Å². The second-order valence-electron chi connectivity index (χ2n) is 3.35. The van der Waals surface area contributed by atoms with E-state index in [-0.39, 0.29) is 0 Å². The molecule has 1 rings (SSSR count). The van der Waals surface area contributed by atoms with Crippen LogP contribution in [0.3, 0.4) is 0 Å². The van der Waals surface area contributed by atoms with Crippen LogP contribution in [0.15, 0.2) is 18.3 Å². The maximum atomic E-state index is 9.21. The molecule has 2 heteroatoms. The molecule has 0 saturated carbocycles. The number of aliphatic hydroxyl groups is 1. The van der Waals surface area contributed by atoms with Gasteiger partial charge in [-0.1, -0.05) is 19.9 Å². The lowest BCUT2D eigenvalue weighted by atomic mass is 10.1. The third-order valence-corrected chi connectivity index (χ3v) is 1.88. The Morgan fingerprint density at radius 1 is 1.25 bits per heavy atom. The van der Waals surface area contributed by atoms with Crippen LogP contribution in [0.1, 0.15) is 44.1 Å². The first-order valence-corrected chi connectivity index (χ1v) is 4.25. The first kappa shape index (κ1) is 9.20. The highest BCUT2D eigenvalue weighted by atomic mass is 16.3. The summed E-state index contributed by atoms with van der Waals surface area (Å²) in [6.45, 7) is 5.95. The maximum Gasteiger partial charge on any atom is 0.0776 e. The molecule has 0 fully saturated rings. The standard InChI is InChI=1S/C10H15NO/c1-7(2)10-5-4-9(6-11-10)8(3)12/h4-8,12H,1-3H3/t8-/m1/s1. The molecule has 1 aromatic rings. The highest BCUT2D eigenvalue weighted by molar-refractivity contribution is 5.17. The second kappa shape index (κ2) is 3.68. The largest absolute Gasteiger partial charge is 0.389 e. The number of nitrogens with zero attached hydrogens (tertiary/aromatic N) is 1. The number of rotatable bonds is 2. The van der Waals surface area contributed by atoms with Crippen molar-refractivity contribution in [1.29, 1.82) is 0 Å². The molecule has 1 heterocycles. The fourth-order valence-electron chi connectivity index (χ4n) is 1.01. The molecule has 0 aliphatic rings. The Balaban J connectivity index is 2.86. The molecule has 0 aromatic carbocycles. The van der Waals surface area contributed by atoms with Gasteiger partial charge in [0, 0.05) is 11.9 Å². The van der Waals surface area contributed by atoms with Gasteiger partial charge in [-0.05, 0) is 24.5 Å². The highest BCUT2D eigenvalue weighted by Gasteiger charge is 2.03. The van der Waals surface area contributed by atoms with Crippen LogP contribution in [0, 0.1) is 0 Å². The quantitative estimate of drug-likeness (QED) is 0.729. The molecule has 0 saturated heterocycles. The molecule has 0 spiro atoms. The highest BCUT2D eigenvalue weighted by Crippen LogP contribution is 2.14. The average molecular weight is 165 g/mol. The van der Waals surface area contributed by atoms with Crippen molar-refractivity contribution in [2.45, 2.75) is 32.8 Å². The first-order chi connectivity index (χ1) is 5.61. The summed E-state index contributed by atoms with van der Waals surface area (Å²) in [7, 11) is 0. The first-order valence-electron chi connectivity index (χ1n) is 4.25. The smallest absolute Gasteiger partial charge is 0.0776 e. The lowest BCUT2D eigenvalue weighted by Crippen LogP contribution is -1.96. The Bertz CT molecular complexity index is 212. The molecule has 0 bridgehead atoms. The summed E-state index contributed by atoms with van der Waals surface area (Å²) in [6, 6.07) is 3.89. The average Bonchev–Trinajstić information content (AvgIpc) is 2.04. The van der Waals surface area contributed by atoms with Crippen LogP contribution in [0.4, 0.5) is 0 Å². The monoisotopic (exact) mass is 165 g/mol. The summed E-state index contributed by atoms with van der Waals surface area (Å²) in [6.07, 6.45) is 1.32. The van der Waals surface area contributed by atoms with Crippen LogP contribution in [0.2, 0.25) is 0 Å². The summed E-state index contributed by atoms with van der Waals surface area (Å²) in [5.74, 6) is 0.452. The summed E-state index contributed by atoms with van der Waals surface area (Å²) >= 11 is 0. The minimum Gasteiger partial charge on any atom is -0.389 e. The summed E-state index contributed by atoms with van der Waals surface area (Å²) < 4.78 is 0. The Kier molecular flexibility index (Phi) is 2.82. The molecule has 0 aliphatic heterocycles. The van der Waals surface area contributed by atoms with Gasteiger partial charge in [0.15, 0.2) is 0 Å². The maximum absolute atomic E-state index is 9.21. The van der Waals surface area contributed by atoms with Crippen LogP contribution in [0.5, 0.6) is 0 Å². The predicted octanol–water partition coefficient (Wildman–Crippen LogP) is 2.26. The van der Waals surface area contributed by atoms with E-state index in [1.54, 1.807) is 13.1 Å². The van der Waals surface area contributed by atoms with E-state index < -0.39 is 6.10 Å². The molecule has 1 N–H and O–H groups in total. The minimum absolute atomic E-state index is 0.418. The van der Waals surface area contributed by atoms with E-state index in [2.05, 4.69) is 18.8 Å². The zero-order valence-electron chi connectivity index (χ0n) is 7.78. The van der Waals surface area contributed by atoms with E-state index in [4.69, 9.17) is 0 Å². The zero-order valence-corrected chi connectivity index (χ0v) is 7.78. The predicted molar refractivity (Wildman–Crippen MR) is 49.0 cm³/mol. The van der Waals surface area contributed by atoms with Crippen molar-refractivity contribution >= 4 is 0 Å². The molecule has 0 unspecified atom stereocenters. The van der Waals surface area contributed by atoms with E-state index in [0.717, 1.165) is 11.3 Å². The van der Waals surface area contributed by atoms with E-state index in [0.29, 0.717) is 5.92 Å². The van der Waals surface area contributed by atoms with Gasteiger partial charge in [-0.15, -0.1) is 0 Å². The van der Waals surface area contributed by atoms with Gasteiger partial charge >= 0.3 is 0 Å². The number of hydrogen-bond acceptors (Lipinski definition) is 2. The van der Waals surface area contributed by atoms with Crippen LogP contribution in [0.25, 0.3) is 0 Å². The number of aliphatic hydroxyl groups excluding tert-OH is 1. The van der Waals surface area contributed by atoms with Gasteiger partial charge < -0.3 is 5.11 Å². The SMILES string of the molecule is CC(C)c1ccc([C@@H](C)O)cn1. The van der Waals surface area contributed by atoms with Gasteiger partial charge in [0.25, 0.3) is 0 Å². The summed E-state index contributed by atoms with van der Waals surface area (Å²) in [5.41, 5.74) is 1.94. The van der Waals surface area contributed by atoms with Crippen LogP contribution in [-0.2, 0) is 0 Å². The van der Waals surface area contributed by atoms with Crippen LogP contribution >= 0.6 is 0 Å². The van der Waals surface area contributed by atoms with Crippen molar-refractivity contribution in [2.24, 2.45) is 0 Å². The van der Waals surface area contributed by atoms with Crippen LogP contribution in [-0.4, -0.2) is 10.1 Å². The number of aromatic nitrogens is 1. The normalized spacial score (nSPS) is 13.4. The molecule has 2 nitrogen and oxygen atoms in total. The summed E-state index contributed by atoms with van der Waals surface area (Å²) in [5, 5.41) is 9.21. The van der Waals surface area contributed by atoms with Crippen molar-refractivity contribution in [1.82, 2.24) is 4.98 Å². The van der Waals surface area contributed by atoms with E-state index in [1.807, 2.05) is 12.1 Å². The van der Waals surface area contributed by atoms with E-state index in [1.165, 1.54) is 0 Å². The van der Waals surface area contributed by atoms with Gasteiger partial charge in [0.1, 0.15) is 0 Å². The second-order valence-corrected chi connectivity index (χ2v) is 3.35. The number of hydrogen-bond donors (Lipinski definition) is 1. The van der Waals surface area contributed by atoms with Crippen molar-refractivity contribution < 1.29 is 5.11 Å². The molecule has 0 amide bonds. The van der Waals surface area contributed by atoms with E-state index in [9.17, 15) is 5.11 Å². The molecular weight excluding hydrogens is 150 g/mol. The third-order valence-electron chi connectivity index (χ3n) is 1.88. The lowest BCUT2D eigenvalue weighted by Gasteiger charge is -2.07. The van der Waals surface area contributed by atoms with Crippen LogP contribution < -0.4 is 0 Å². The van der Waals surface area contributed by atoms with Crippen molar-refractivity contribution in [3.63, 3.8) is 0 Å². The lowest BCUT2D eigenvalue weighted by molar-refractivity contribution is 0.199. The molecule has 0 radical (unpaired) electrons. The third kappa shape index (κ3) is 2.05. The fraction of sp³-hybridized carbons (Fsp3) is 0.500. The topological polar surface area (TPSA) is 33.1 Å². The zero-order chi connectivity index (χ0) is 9.14. The van der Waals surface area contributed by atoms with Gasteiger partial charge in [-0.3, -0.25) is 4.98 Å².